The first-order valence-electron chi connectivity index (χ1n) is 14.0. The summed E-state index contributed by atoms with van der Waals surface area (Å²) >= 11 is 0. The van der Waals surface area contributed by atoms with Crippen molar-refractivity contribution in [3.63, 3.8) is 0 Å². The van der Waals surface area contributed by atoms with Gasteiger partial charge in [-0.15, -0.1) is 0 Å². The van der Waals surface area contributed by atoms with Gasteiger partial charge in [-0.2, -0.15) is 0 Å². The third-order valence-corrected chi connectivity index (χ3v) is 6.85. The van der Waals surface area contributed by atoms with Gasteiger partial charge in [0.1, 0.15) is 17.5 Å². The molecule has 4 rings (SSSR count). The minimum Gasteiger partial charge on any atom is -0.457 e. The molecule has 1 fully saturated rings. The number of benzene rings is 3. The minimum absolute atomic E-state index is 0.201. The topological polar surface area (TPSA) is 91.9 Å². The van der Waals surface area contributed by atoms with Gasteiger partial charge in [0.2, 0.25) is 5.91 Å². The van der Waals surface area contributed by atoms with Crippen LogP contribution in [0.25, 0.3) is 0 Å². The number of anilines is 1. The predicted octanol–water partition coefficient (Wildman–Crippen LogP) is 5.17. The Morgan fingerprint density at radius 1 is 0.900 bits per heavy atom. The zero-order chi connectivity index (χ0) is 28.2. The molecule has 3 amide bonds. The molecule has 1 saturated heterocycles. The molecule has 0 aliphatic carbocycles. The van der Waals surface area contributed by atoms with Gasteiger partial charge in [-0.3, -0.25) is 9.69 Å². The van der Waals surface area contributed by atoms with E-state index in [9.17, 15) is 9.59 Å². The number of ether oxygens (including phenoxy) is 2. The number of rotatable bonds is 12. The van der Waals surface area contributed by atoms with E-state index in [-0.39, 0.29) is 5.91 Å². The number of amides is 3. The van der Waals surface area contributed by atoms with E-state index in [0.29, 0.717) is 30.3 Å². The first kappa shape index (κ1) is 29.1. The van der Waals surface area contributed by atoms with E-state index >= 15 is 0 Å². The third kappa shape index (κ3) is 9.39. The van der Waals surface area contributed by atoms with Gasteiger partial charge in [0.15, 0.2) is 0 Å². The molecule has 40 heavy (non-hydrogen) atoms. The predicted molar refractivity (Wildman–Crippen MR) is 158 cm³/mol. The summed E-state index contributed by atoms with van der Waals surface area (Å²) in [6, 6.07) is 23.7. The summed E-state index contributed by atoms with van der Waals surface area (Å²) in [5, 5.41) is 8.68. The van der Waals surface area contributed by atoms with Crippen LogP contribution in [0.1, 0.15) is 37.3 Å². The summed E-state index contributed by atoms with van der Waals surface area (Å²) in [5.41, 5.74) is 2.83. The Morgan fingerprint density at radius 3 is 2.20 bits per heavy atom. The van der Waals surface area contributed by atoms with E-state index in [1.165, 1.54) is 5.56 Å². The Bertz CT molecular complexity index is 1190. The van der Waals surface area contributed by atoms with Crippen LogP contribution in [0, 0.1) is 0 Å². The fraction of sp³-hybridized carbons (Fsp3) is 0.375. The van der Waals surface area contributed by atoms with Crippen molar-refractivity contribution >= 4 is 17.6 Å². The molecular formula is C32H40N4O4. The fourth-order valence-electron chi connectivity index (χ4n) is 4.51. The molecule has 0 spiro atoms. The number of nitrogens with one attached hydrogen (secondary N) is 3. The van der Waals surface area contributed by atoms with Gasteiger partial charge in [-0.25, -0.2) is 4.79 Å². The van der Waals surface area contributed by atoms with Gasteiger partial charge in [-0.05, 0) is 66.4 Å². The van der Waals surface area contributed by atoms with E-state index < -0.39 is 12.1 Å². The van der Waals surface area contributed by atoms with Crippen molar-refractivity contribution in [1.29, 1.82) is 0 Å². The van der Waals surface area contributed by atoms with Crippen molar-refractivity contribution in [1.82, 2.24) is 15.5 Å². The second kappa shape index (κ2) is 15.1. The molecule has 3 N–H and O–H groups in total. The molecule has 212 valence electrons. The summed E-state index contributed by atoms with van der Waals surface area (Å²) in [6.07, 6.45) is 1.23. The van der Waals surface area contributed by atoms with E-state index in [0.717, 1.165) is 50.6 Å². The fourth-order valence-corrected chi connectivity index (χ4v) is 4.51. The second-order valence-corrected chi connectivity index (χ2v) is 10.3. The quantitative estimate of drug-likeness (QED) is 0.274. The molecule has 0 saturated carbocycles. The van der Waals surface area contributed by atoms with Crippen LogP contribution in [-0.2, 0) is 16.0 Å². The molecule has 1 heterocycles. The summed E-state index contributed by atoms with van der Waals surface area (Å²) in [6.45, 7) is 9.12. The summed E-state index contributed by atoms with van der Waals surface area (Å²) in [4.78, 5) is 28.3. The van der Waals surface area contributed by atoms with Crippen LogP contribution in [0.5, 0.6) is 11.5 Å². The number of carbonyl (C=O) groups excluding carboxylic acids is 2. The van der Waals surface area contributed by atoms with Gasteiger partial charge in [-0.1, -0.05) is 56.3 Å². The van der Waals surface area contributed by atoms with Crippen molar-refractivity contribution in [3.05, 3.63) is 90.0 Å². The first-order valence-corrected chi connectivity index (χ1v) is 14.0. The summed E-state index contributed by atoms with van der Waals surface area (Å²) in [5.74, 6) is 1.68. The maximum Gasteiger partial charge on any atom is 0.319 e. The lowest BCUT2D eigenvalue weighted by molar-refractivity contribution is -0.122. The van der Waals surface area contributed by atoms with Gasteiger partial charge in [0, 0.05) is 31.7 Å². The van der Waals surface area contributed by atoms with Crippen molar-refractivity contribution in [2.45, 2.75) is 38.6 Å². The Hall–Kier alpha value is -3.88. The van der Waals surface area contributed by atoms with Crippen LogP contribution in [0.15, 0.2) is 78.9 Å². The molecule has 0 unspecified atom stereocenters. The van der Waals surface area contributed by atoms with Crippen LogP contribution in [0.4, 0.5) is 10.5 Å². The average molecular weight is 545 g/mol. The standard InChI is InChI=1S/C32H40N4O4/c1-24(2)26-9-13-28(14-10-26)40-29-15-11-27(12-16-29)34-32(38)35-30(23-25-7-4-3-5-8-25)31(37)33-17-6-18-36-19-21-39-22-20-36/h3-5,7-16,24,30H,6,17-23H2,1-2H3,(H,33,37)(H2,34,35,38)/t30-/m1/s1. The molecule has 8 heteroatoms. The minimum atomic E-state index is -0.706. The monoisotopic (exact) mass is 544 g/mol. The maximum atomic E-state index is 13.1. The largest absolute Gasteiger partial charge is 0.457 e. The highest BCUT2D eigenvalue weighted by molar-refractivity contribution is 5.93. The SMILES string of the molecule is CC(C)c1ccc(Oc2ccc(NC(=O)N[C@H](Cc3ccccc3)C(=O)NCCCN3CCOCC3)cc2)cc1. The van der Waals surface area contributed by atoms with Crippen molar-refractivity contribution < 1.29 is 19.1 Å². The number of morpholine rings is 1. The normalized spacial score (nSPS) is 14.4. The van der Waals surface area contributed by atoms with Crippen molar-refractivity contribution in [2.75, 3.05) is 44.7 Å². The van der Waals surface area contributed by atoms with Crippen molar-refractivity contribution in [3.8, 4) is 11.5 Å². The second-order valence-electron chi connectivity index (χ2n) is 10.3. The molecule has 3 aromatic carbocycles. The summed E-state index contributed by atoms with van der Waals surface area (Å²) in [7, 11) is 0. The number of nitrogens with zero attached hydrogens (tertiary/aromatic N) is 1. The van der Waals surface area contributed by atoms with Crippen LogP contribution >= 0.6 is 0 Å². The smallest absolute Gasteiger partial charge is 0.319 e. The Morgan fingerprint density at radius 2 is 1.55 bits per heavy atom. The molecular weight excluding hydrogens is 504 g/mol. The molecule has 8 nitrogen and oxygen atoms in total. The lowest BCUT2D eigenvalue weighted by atomic mass is 10.0. The van der Waals surface area contributed by atoms with Crippen molar-refractivity contribution in [2.24, 2.45) is 0 Å². The van der Waals surface area contributed by atoms with Crippen LogP contribution in [0.3, 0.4) is 0 Å². The van der Waals surface area contributed by atoms with Crippen LogP contribution in [0.2, 0.25) is 0 Å². The lowest BCUT2D eigenvalue weighted by Gasteiger charge is -2.26. The van der Waals surface area contributed by atoms with Gasteiger partial charge in [0.25, 0.3) is 0 Å². The van der Waals surface area contributed by atoms with Gasteiger partial charge in [0.05, 0.1) is 13.2 Å². The molecule has 1 atom stereocenters. The average Bonchev–Trinajstić information content (AvgIpc) is 2.97. The molecule has 1 aliphatic rings. The molecule has 0 aromatic heterocycles. The van der Waals surface area contributed by atoms with E-state index in [1.807, 2.05) is 42.5 Å². The highest BCUT2D eigenvalue weighted by Crippen LogP contribution is 2.25. The first-order chi connectivity index (χ1) is 19.5. The molecule has 0 radical (unpaired) electrons. The van der Waals surface area contributed by atoms with Crippen LogP contribution < -0.4 is 20.7 Å². The number of carbonyl (C=O) groups is 2. The highest BCUT2D eigenvalue weighted by Gasteiger charge is 2.21. The zero-order valence-electron chi connectivity index (χ0n) is 23.4. The Labute approximate surface area is 237 Å². The lowest BCUT2D eigenvalue weighted by Crippen LogP contribution is -2.49. The van der Waals surface area contributed by atoms with E-state index in [2.05, 4.69) is 46.8 Å². The molecule has 1 aliphatic heterocycles. The molecule has 3 aromatic rings. The number of hydrogen-bond acceptors (Lipinski definition) is 5. The maximum absolute atomic E-state index is 13.1. The van der Waals surface area contributed by atoms with Crippen LogP contribution in [-0.4, -0.2) is 62.3 Å². The Kier molecular flexibility index (Phi) is 11.0. The highest BCUT2D eigenvalue weighted by atomic mass is 16.5. The van der Waals surface area contributed by atoms with Gasteiger partial charge < -0.3 is 25.4 Å². The van der Waals surface area contributed by atoms with Gasteiger partial charge >= 0.3 is 6.03 Å². The number of hydrogen-bond donors (Lipinski definition) is 3. The molecule has 0 bridgehead atoms. The van der Waals surface area contributed by atoms with E-state index in [1.54, 1.807) is 24.3 Å². The summed E-state index contributed by atoms with van der Waals surface area (Å²) < 4.78 is 11.3. The zero-order valence-corrected chi connectivity index (χ0v) is 23.4. The number of urea groups is 1. The van der Waals surface area contributed by atoms with E-state index in [4.69, 9.17) is 9.47 Å². The third-order valence-electron chi connectivity index (χ3n) is 6.85. The Balaban J connectivity index is 1.29.